The SMILES string of the molecule is CCCCCCCCCCN[C@@H](C)c1cccs1. The van der Waals surface area contributed by atoms with Crippen molar-refractivity contribution < 1.29 is 0 Å². The smallest absolute Gasteiger partial charge is 0.0386 e. The molecule has 104 valence electrons. The molecule has 1 atom stereocenters. The Morgan fingerprint density at radius 1 is 1.06 bits per heavy atom. The zero-order valence-electron chi connectivity index (χ0n) is 12.1. The van der Waals surface area contributed by atoms with Crippen LogP contribution in [0.15, 0.2) is 17.5 Å². The second-order valence-electron chi connectivity index (χ2n) is 5.17. The zero-order chi connectivity index (χ0) is 13.1. The minimum Gasteiger partial charge on any atom is -0.309 e. The Bertz CT molecular complexity index is 269. The lowest BCUT2D eigenvalue weighted by Crippen LogP contribution is -2.18. The molecule has 1 N–H and O–H groups in total. The van der Waals surface area contributed by atoms with E-state index in [9.17, 15) is 0 Å². The van der Waals surface area contributed by atoms with Gasteiger partial charge in [0.15, 0.2) is 0 Å². The van der Waals surface area contributed by atoms with E-state index in [0.717, 1.165) is 6.54 Å². The molecule has 0 spiro atoms. The topological polar surface area (TPSA) is 12.0 Å². The average Bonchev–Trinajstić information content (AvgIpc) is 2.90. The van der Waals surface area contributed by atoms with Crippen molar-refractivity contribution in [3.63, 3.8) is 0 Å². The van der Waals surface area contributed by atoms with Gasteiger partial charge in [0, 0.05) is 10.9 Å². The molecule has 0 aliphatic rings. The molecule has 0 unspecified atom stereocenters. The molecule has 1 nitrogen and oxygen atoms in total. The second-order valence-corrected chi connectivity index (χ2v) is 6.15. The van der Waals surface area contributed by atoms with Gasteiger partial charge in [-0.05, 0) is 31.3 Å². The van der Waals surface area contributed by atoms with E-state index < -0.39 is 0 Å². The number of nitrogens with one attached hydrogen (secondary N) is 1. The normalized spacial score (nSPS) is 12.8. The highest BCUT2D eigenvalue weighted by atomic mass is 32.1. The predicted octanol–water partition coefficient (Wildman–Crippen LogP) is 5.54. The molecule has 0 aliphatic heterocycles. The molecule has 1 aromatic heterocycles. The lowest BCUT2D eigenvalue weighted by molar-refractivity contribution is 0.525. The van der Waals surface area contributed by atoms with Gasteiger partial charge >= 0.3 is 0 Å². The van der Waals surface area contributed by atoms with Gasteiger partial charge in [-0.2, -0.15) is 0 Å². The van der Waals surface area contributed by atoms with E-state index >= 15 is 0 Å². The van der Waals surface area contributed by atoms with Crippen LogP contribution in [0.2, 0.25) is 0 Å². The van der Waals surface area contributed by atoms with E-state index in [-0.39, 0.29) is 0 Å². The summed E-state index contributed by atoms with van der Waals surface area (Å²) in [5.41, 5.74) is 0. The van der Waals surface area contributed by atoms with Gasteiger partial charge in [0.1, 0.15) is 0 Å². The maximum absolute atomic E-state index is 3.61. The van der Waals surface area contributed by atoms with Gasteiger partial charge in [-0.3, -0.25) is 0 Å². The van der Waals surface area contributed by atoms with Crippen molar-refractivity contribution in [1.82, 2.24) is 5.32 Å². The van der Waals surface area contributed by atoms with Crippen LogP contribution in [0.3, 0.4) is 0 Å². The van der Waals surface area contributed by atoms with Crippen LogP contribution in [0.5, 0.6) is 0 Å². The van der Waals surface area contributed by atoms with Crippen LogP contribution in [0.1, 0.15) is 76.1 Å². The highest BCUT2D eigenvalue weighted by molar-refractivity contribution is 7.10. The molecule has 0 fully saturated rings. The molecule has 2 heteroatoms. The molecule has 0 radical (unpaired) electrons. The van der Waals surface area contributed by atoms with Crippen LogP contribution in [0.25, 0.3) is 0 Å². The molecule has 18 heavy (non-hydrogen) atoms. The van der Waals surface area contributed by atoms with Gasteiger partial charge in [-0.1, -0.05) is 57.9 Å². The first kappa shape index (κ1) is 15.7. The summed E-state index contributed by atoms with van der Waals surface area (Å²) >= 11 is 1.85. The van der Waals surface area contributed by atoms with Crippen LogP contribution in [0.4, 0.5) is 0 Å². The van der Waals surface area contributed by atoms with Gasteiger partial charge in [-0.25, -0.2) is 0 Å². The quantitative estimate of drug-likeness (QED) is 0.519. The third-order valence-electron chi connectivity index (χ3n) is 3.45. The third-order valence-corrected chi connectivity index (χ3v) is 4.51. The van der Waals surface area contributed by atoms with E-state index in [1.807, 2.05) is 11.3 Å². The van der Waals surface area contributed by atoms with Gasteiger partial charge in [0.25, 0.3) is 0 Å². The summed E-state index contributed by atoms with van der Waals surface area (Å²) in [6, 6.07) is 4.87. The fourth-order valence-corrected chi connectivity index (χ4v) is 2.97. The van der Waals surface area contributed by atoms with Crippen LogP contribution in [0, 0.1) is 0 Å². The van der Waals surface area contributed by atoms with Crippen molar-refractivity contribution in [2.75, 3.05) is 6.54 Å². The van der Waals surface area contributed by atoms with Crippen molar-refractivity contribution in [3.05, 3.63) is 22.4 Å². The molecule has 0 amide bonds. The van der Waals surface area contributed by atoms with Gasteiger partial charge in [0.2, 0.25) is 0 Å². The van der Waals surface area contributed by atoms with Crippen molar-refractivity contribution in [3.8, 4) is 0 Å². The minimum absolute atomic E-state index is 0.523. The molecule has 0 bridgehead atoms. The summed E-state index contributed by atoms with van der Waals surface area (Å²) in [6.45, 7) is 5.70. The second kappa shape index (κ2) is 10.6. The predicted molar refractivity (Wildman–Crippen MR) is 83.3 cm³/mol. The van der Waals surface area contributed by atoms with E-state index in [2.05, 4.69) is 36.7 Å². The summed E-state index contributed by atoms with van der Waals surface area (Å²) in [5, 5.41) is 5.76. The van der Waals surface area contributed by atoms with Crippen molar-refractivity contribution >= 4 is 11.3 Å². The maximum atomic E-state index is 3.61. The van der Waals surface area contributed by atoms with E-state index in [1.165, 1.54) is 56.2 Å². The number of unbranched alkanes of at least 4 members (excludes halogenated alkanes) is 7. The molecule has 0 aromatic carbocycles. The maximum Gasteiger partial charge on any atom is 0.0386 e. The third kappa shape index (κ3) is 7.17. The molecule has 0 saturated heterocycles. The standard InChI is InChI=1S/C16H29NS/c1-3-4-5-6-7-8-9-10-13-17-15(2)16-12-11-14-18-16/h11-12,14-15,17H,3-10,13H2,1-2H3/t15-/m0/s1. The Kier molecular flexibility index (Phi) is 9.23. The van der Waals surface area contributed by atoms with Crippen LogP contribution < -0.4 is 5.32 Å². The Morgan fingerprint density at radius 2 is 1.72 bits per heavy atom. The van der Waals surface area contributed by atoms with E-state index in [4.69, 9.17) is 0 Å². The lowest BCUT2D eigenvalue weighted by Gasteiger charge is -2.11. The zero-order valence-corrected chi connectivity index (χ0v) is 12.9. The van der Waals surface area contributed by atoms with Crippen molar-refractivity contribution in [2.24, 2.45) is 0 Å². The molecule has 0 saturated carbocycles. The fraction of sp³-hybridized carbons (Fsp3) is 0.750. The van der Waals surface area contributed by atoms with Crippen LogP contribution >= 0.6 is 11.3 Å². The first-order valence-electron chi connectivity index (χ1n) is 7.61. The average molecular weight is 267 g/mol. The minimum atomic E-state index is 0.523. The van der Waals surface area contributed by atoms with Gasteiger partial charge < -0.3 is 5.32 Å². The molecular formula is C16H29NS. The molecule has 1 rings (SSSR count). The number of hydrogen-bond donors (Lipinski definition) is 1. The lowest BCUT2D eigenvalue weighted by atomic mass is 10.1. The first-order chi connectivity index (χ1) is 8.84. The van der Waals surface area contributed by atoms with E-state index in [1.54, 1.807) is 0 Å². The van der Waals surface area contributed by atoms with Gasteiger partial charge in [0.05, 0.1) is 0 Å². The fourth-order valence-electron chi connectivity index (χ4n) is 2.22. The molecule has 0 aliphatic carbocycles. The Balaban J connectivity index is 1.87. The summed E-state index contributed by atoms with van der Waals surface area (Å²) in [7, 11) is 0. The van der Waals surface area contributed by atoms with E-state index in [0.29, 0.717) is 6.04 Å². The number of hydrogen-bond acceptors (Lipinski definition) is 2. The molecular weight excluding hydrogens is 238 g/mol. The first-order valence-corrected chi connectivity index (χ1v) is 8.49. The Hall–Kier alpha value is -0.340. The Morgan fingerprint density at radius 3 is 2.33 bits per heavy atom. The van der Waals surface area contributed by atoms with Gasteiger partial charge in [-0.15, -0.1) is 11.3 Å². The summed E-state index contributed by atoms with van der Waals surface area (Å²) in [5.74, 6) is 0. The number of rotatable bonds is 11. The largest absolute Gasteiger partial charge is 0.309 e. The Labute approximate surface area is 117 Å². The monoisotopic (exact) mass is 267 g/mol. The summed E-state index contributed by atoms with van der Waals surface area (Å²) < 4.78 is 0. The molecule has 1 heterocycles. The van der Waals surface area contributed by atoms with Crippen LogP contribution in [-0.4, -0.2) is 6.54 Å². The van der Waals surface area contributed by atoms with Crippen LogP contribution in [-0.2, 0) is 0 Å². The highest BCUT2D eigenvalue weighted by Crippen LogP contribution is 2.18. The highest BCUT2D eigenvalue weighted by Gasteiger charge is 2.03. The summed E-state index contributed by atoms with van der Waals surface area (Å²) in [4.78, 5) is 1.45. The molecule has 1 aromatic rings. The van der Waals surface area contributed by atoms with Crippen molar-refractivity contribution in [2.45, 2.75) is 71.3 Å². The summed E-state index contributed by atoms with van der Waals surface area (Å²) in [6.07, 6.45) is 11.2. The van der Waals surface area contributed by atoms with Crippen molar-refractivity contribution in [1.29, 1.82) is 0 Å². The number of thiophene rings is 1.